The van der Waals surface area contributed by atoms with Crippen molar-refractivity contribution >= 4 is 10.0 Å². The van der Waals surface area contributed by atoms with Crippen molar-refractivity contribution in [3.05, 3.63) is 42.5 Å². The van der Waals surface area contributed by atoms with Gasteiger partial charge in [0, 0.05) is 6.54 Å². The number of rotatable bonds is 3. The molecule has 0 N–H and O–H groups in total. The van der Waals surface area contributed by atoms with E-state index in [0.717, 1.165) is 18.2 Å². The Labute approximate surface area is 161 Å². The molecular formula is C17H13F6NO4S. The van der Waals surface area contributed by atoms with Crippen LogP contribution in [0, 0.1) is 0 Å². The normalized spacial score (nSPS) is 17.2. The van der Waals surface area contributed by atoms with Crippen LogP contribution in [0.5, 0.6) is 11.5 Å². The Morgan fingerprint density at radius 1 is 0.966 bits per heavy atom. The SMILES string of the molecule is O=S1(=O)c2cc(-c3ccc(OC(F)(F)F)cc3)ccc2OCCN1CC(F)(F)F. The van der Waals surface area contributed by atoms with Gasteiger partial charge in [0.15, 0.2) is 0 Å². The van der Waals surface area contributed by atoms with Crippen molar-refractivity contribution in [1.29, 1.82) is 0 Å². The summed E-state index contributed by atoms with van der Waals surface area (Å²) in [5.74, 6) is -0.571. The molecular weight excluding hydrogens is 428 g/mol. The summed E-state index contributed by atoms with van der Waals surface area (Å²) in [5, 5.41) is 0. The van der Waals surface area contributed by atoms with Crippen LogP contribution in [0.4, 0.5) is 26.3 Å². The van der Waals surface area contributed by atoms with Crippen LogP contribution in [-0.4, -0.2) is 45.0 Å². The Kier molecular flexibility index (Phi) is 5.43. The van der Waals surface area contributed by atoms with E-state index in [1.54, 1.807) is 0 Å². The molecule has 0 radical (unpaired) electrons. The van der Waals surface area contributed by atoms with Gasteiger partial charge < -0.3 is 9.47 Å². The predicted octanol–water partition coefficient (Wildman–Crippen LogP) is 4.20. The van der Waals surface area contributed by atoms with Crippen molar-refractivity contribution in [3.8, 4) is 22.6 Å². The largest absolute Gasteiger partial charge is 0.573 e. The Bertz CT molecular complexity index is 986. The maximum absolute atomic E-state index is 12.8. The minimum absolute atomic E-state index is 0.101. The molecule has 0 atom stereocenters. The fraction of sp³-hybridized carbons (Fsp3) is 0.294. The molecule has 0 unspecified atom stereocenters. The lowest BCUT2D eigenvalue weighted by molar-refractivity contribution is -0.274. The van der Waals surface area contributed by atoms with Crippen molar-refractivity contribution in [2.45, 2.75) is 17.4 Å². The Balaban J connectivity index is 1.96. The predicted molar refractivity (Wildman–Crippen MR) is 88.9 cm³/mol. The van der Waals surface area contributed by atoms with Gasteiger partial charge in [0.25, 0.3) is 0 Å². The summed E-state index contributed by atoms with van der Waals surface area (Å²) in [6.45, 7) is -2.40. The maximum atomic E-state index is 12.8. The molecule has 2 aromatic carbocycles. The van der Waals surface area contributed by atoms with Crippen LogP contribution < -0.4 is 9.47 Å². The van der Waals surface area contributed by atoms with E-state index in [1.807, 2.05) is 0 Å². The van der Waals surface area contributed by atoms with E-state index in [1.165, 1.54) is 24.3 Å². The average Bonchev–Trinajstić information content (AvgIpc) is 2.70. The molecule has 3 rings (SSSR count). The number of hydrogen-bond acceptors (Lipinski definition) is 4. The summed E-state index contributed by atoms with van der Waals surface area (Å²) in [5.41, 5.74) is 0.604. The molecule has 0 amide bonds. The van der Waals surface area contributed by atoms with E-state index in [4.69, 9.17) is 4.74 Å². The molecule has 2 aromatic rings. The number of fused-ring (bicyclic) bond motifs is 1. The third kappa shape index (κ3) is 5.12. The minimum atomic E-state index is -4.86. The quantitative estimate of drug-likeness (QED) is 0.671. The summed E-state index contributed by atoms with van der Waals surface area (Å²) in [7, 11) is -4.50. The molecule has 0 bridgehead atoms. The number of ether oxygens (including phenoxy) is 2. The topological polar surface area (TPSA) is 55.8 Å². The zero-order chi connectivity index (χ0) is 21.4. The number of benzene rings is 2. The smallest absolute Gasteiger partial charge is 0.491 e. The lowest BCUT2D eigenvalue weighted by Gasteiger charge is -2.20. The molecule has 1 aliphatic rings. The molecule has 0 spiro atoms. The van der Waals surface area contributed by atoms with Crippen LogP contribution >= 0.6 is 0 Å². The zero-order valence-corrected chi connectivity index (χ0v) is 15.2. The highest BCUT2D eigenvalue weighted by Gasteiger charge is 2.39. The Morgan fingerprint density at radius 3 is 2.17 bits per heavy atom. The highest BCUT2D eigenvalue weighted by Crippen LogP contribution is 2.35. The van der Waals surface area contributed by atoms with Gasteiger partial charge in [-0.05, 0) is 35.4 Å². The number of halogens is 6. The van der Waals surface area contributed by atoms with Crippen molar-refractivity contribution < 1.29 is 44.2 Å². The lowest BCUT2D eigenvalue weighted by atomic mass is 10.1. The average molecular weight is 441 g/mol. The first kappa shape index (κ1) is 21.2. The Morgan fingerprint density at radius 2 is 1.59 bits per heavy atom. The highest BCUT2D eigenvalue weighted by molar-refractivity contribution is 7.89. The second-order valence-electron chi connectivity index (χ2n) is 6.04. The summed E-state index contributed by atoms with van der Waals surface area (Å²) in [6, 6.07) is 8.47. The van der Waals surface area contributed by atoms with Crippen LogP contribution in [0.25, 0.3) is 11.1 Å². The van der Waals surface area contributed by atoms with Crippen LogP contribution in [0.2, 0.25) is 0 Å². The molecule has 5 nitrogen and oxygen atoms in total. The first-order valence-corrected chi connectivity index (χ1v) is 9.49. The number of sulfonamides is 1. The minimum Gasteiger partial charge on any atom is -0.491 e. The van der Waals surface area contributed by atoms with Gasteiger partial charge in [0.1, 0.15) is 29.5 Å². The second kappa shape index (κ2) is 7.41. The van der Waals surface area contributed by atoms with Crippen LogP contribution in [-0.2, 0) is 10.0 Å². The van der Waals surface area contributed by atoms with Gasteiger partial charge in [-0.3, -0.25) is 0 Å². The van der Waals surface area contributed by atoms with Crippen LogP contribution in [0.1, 0.15) is 0 Å². The van der Waals surface area contributed by atoms with E-state index in [-0.39, 0.29) is 22.2 Å². The van der Waals surface area contributed by atoms with Crippen molar-refractivity contribution in [3.63, 3.8) is 0 Å². The first-order chi connectivity index (χ1) is 13.4. The van der Waals surface area contributed by atoms with Gasteiger partial charge in [-0.15, -0.1) is 13.2 Å². The zero-order valence-electron chi connectivity index (χ0n) is 14.4. The summed E-state index contributed by atoms with van der Waals surface area (Å²) >= 11 is 0. The van der Waals surface area contributed by atoms with Crippen molar-refractivity contribution in [2.75, 3.05) is 19.7 Å². The summed E-state index contributed by atoms with van der Waals surface area (Å²) in [4.78, 5) is -0.452. The molecule has 0 fully saturated rings. The van der Waals surface area contributed by atoms with E-state index < -0.39 is 46.3 Å². The fourth-order valence-corrected chi connectivity index (χ4v) is 4.30. The van der Waals surface area contributed by atoms with Crippen molar-refractivity contribution in [2.24, 2.45) is 0 Å². The van der Waals surface area contributed by atoms with Crippen molar-refractivity contribution in [1.82, 2.24) is 4.31 Å². The van der Waals surface area contributed by atoms with E-state index in [9.17, 15) is 34.8 Å². The molecule has 0 aliphatic carbocycles. The van der Waals surface area contributed by atoms with E-state index in [2.05, 4.69) is 4.74 Å². The van der Waals surface area contributed by atoms with E-state index >= 15 is 0 Å². The molecule has 158 valence electrons. The van der Waals surface area contributed by atoms with Gasteiger partial charge in [-0.25, -0.2) is 8.42 Å². The van der Waals surface area contributed by atoms with Gasteiger partial charge in [-0.2, -0.15) is 17.5 Å². The molecule has 12 heteroatoms. The third-order valence-electron chi connectivity index (χ3n) is 3.94. The van der Waals surface area contributed by atoms with Gasteiger partial charge in [0.05, 0.1) is 0 Å². The maximum Gasteiger partial charge on any atom is 0.573 e. The number of alkyl halides is 6. The number of nitrogens with zero attached hydrogens (tertiary/aromatic N) is 1. The molecule has 0 aromatic heterocycles. The van der Waals surface area contributed by atoms with Gasteiger partial charge in [-0.1, -0.05) is 18.2 Å². The molecule has 1 aliphatic heterocycles. The summed E-state index contributed by atoms with van der Waals surface area (Å²) in [6.07, 6.45) is -9.59. The number of hydrogen-bond donors (Lipinski definition) is 0. The highest BCUT2D eigenvalue weighted by atomic mass is 32.2. The van der Waals surface area contributed by atoms with Gasteiger partial charge >= 0.3 is 12.5 Å². The standard InChI is InChI=1S/C17H13F6NO4S/c18-16(19,20)10-24-7-8-27-14-6-3-12(9-15(14)29(24,25)26)11-1-4-13(5-2-11)28-17(21,22)23/h1-6,9H,7-8,10H2. The van der Waals surface area contributed by atoms with E-state index in [0.29, 0.717) is 5.56 Å². The Hall–Kier alpha value is -2.47. The lowest BCUT2D eigenvalue weighted by Crippen LogP contribution is -2.39. The fourth-order valence-electron chi connectivity index (χ4n) is 2.74. The second-order valence-corrected chi connectivity index (χ2v) is 7.94. The van der Waals surface area contributed by atoms with Gasteiger partial charge in [0.2, 0.25) is 10.0 Å². The summed E-state index contributed by atoms with van der Waals surface area (Å²) < 4.78 is 110. The third-order valence-corrected chi connectivity index (χ3v) is 5.80. The molecule has 0 saturated heterocycles. The van der Waals surface area contributed by atoms with Crippen LogP contribution in [0.15, 0.2) is 47.4 Å². The van der Waals surface area contributed by atoms with Crippen LogP contribution in [0.3, 0.4) is 0 Å². The molecule has 1 heterocycles. The first-order valence-electron chi connectivity index (χ1n) is 8.05. The molecule has 0 saturated carbocycles. The monoisotopic (exact) mass is 441 g/mol. The molecule has 29 heavy (non-hydrogen) atoms.